The molecule has 0 amide bonds. The zero-order valence-corrected chi connectivity index (χ0v) is 13.4. The van der Waals surface area contributed by atoms with Crippen molar-refractivity contribution in [2.45, 2.75) is 6.92 Å². The summed E-state index contributed by atoms with van der Waals surface area (Å²) >= 11 is 7.73. The number of hydrogen-bond donors (Lipinski definition) is 0. The van der Waals surface area contributed by atoms with E-state index >= 15 is 0 Å². The molecule has 4 heteroatoms. The van der Waals surface area contributed by atoms with Crippen molar-refractivity contribution >= 4 is 33.2 Å². The largest absolute Gasteiger partial charge is 0.454 e. The number of para-hydroxylation sites is 1. The molecule has 0 fully saturated rings. The van der Waals surface area contributed by atoms with Gasteiger partial charge >= 0.3 is 0 Å². The lowest BCUT2D eigenvalue weighted by atomic mass is 10.1. The summed E-state index contributed by atoms with van der Waals surface area (Å²) in [6, 6.07) is 17.9. The zero-order chi connectivity index (χ0) is 15.1. The van der Waals surface area contributed by atoms with Gasteiger partial charge in [-0.15, -0.1) is 11.3 Å². The summed E-state index contributed by atoms with van der Waals surface area (Å²) in [5.41, 5.74) is 3.15. The lowest BCUT2D eigenvalue weighted by molar-refractivity contribution is 0.596. The van der Waals surface area contributed by atoms with E-state index in [1.807, 2.05) is 55.5 Å². The highest BCUT2D eigenvalue weighted by Gasteiger charge is 2.12. The minimum atomic E-state index is 0.707. The molecule has 108 valence electrons. The molecule has 4 rings (SSSR count). The third-order valence-corrected chi connectivity index (χ3v) is 4.86. The Morgan fingerprint density at radius 1 is 1.00 bits per heavy atom. The number of aromatic nitrogens is 1. The Labute approximate surface area is 137 Å². The summed E-state index contributed by atoms with van der Waals surface area (Å²) < 4.78 is 7.17. The summed E-state index contributed by atoms with van der Waals surface area (Å²) in [7, 11) is 0. The highest BCUT2D eigenvalue weighted by atomic mass is 35.5. The smallest absolute Gasteiger partial charge is 0.163 e. The number of thiazole rings is 1. The van der Waals surface area contributed by atoms with Gasteiger partial charge in [-0.25, -0.2) is 4.98 Å². The van der Waals surface area contributed by atoms with Gasteiger partial charge in [0.05, 0.1) is 10.2 Å². The number of furan rings is 1. The Morgan fingerprint density at radius 3 is 2.68 bits per heavy atom. The molecule has 0 aliphatic carbocycles. The summed E-state index contributed by atoms with van der Waals surface area (Å²) in [5, 5.41) is 1.60. The van der Waals surface area contributed by atoms with Gasteiger partial charge in [0.2, 0.25) is 0 Å². The van der Waals surface area contributed by atoms with Gasteiger partial charge in [-0.05, 0) is 48.9 Å². The van der Waals surface area contributed by atoms with Crippen LogP contribution in [-0.2, 0) is 0 Å². The van der Waals surface area contributed by atoms with E-state index in [9.17, 15) is 0 Å². The van der Waals surface area contributed by atoms with Crippen LogP contribution in [0.4, 0.5) is 0 Å². The van der Waals surface area contributed by atoms with Crippen molar-refractivity contribution in [2.24, 2.45) is 0 Å². The maximum Gasteiger partial charge on any atom is 0.163 e. The molecule has 0 N–H and O–H groups in total. The van der Waals surface area contributed by atoms with E-state index < -0.39 is 0 Å². The van der Waals surface area contributed by atoms with Gasteiger partial charge in [0.1, 0.15) is 5.76 Å². The molecule has 0 radical (unpaired) electrons. The number of rotatable bonds is 2. The van der Waals surface area contributed by atoms with E-state index in [1.54, 1.807) is 11.3 Å². The molecule has 2 heterocycles. The van der Waals surface area contributed by atoms with Gasteiger partial charge in [-0.1, -0.05) is 29.8 Å². The first-order valence-corrected chi connectivity index (χ1v) is 8.12. The fraction of sp³-hybridized carbons (Fsp3) is 0.0556. The molecule has 0 aliphatic heterocycles. The number of halogens is 1. The summed E-state index contributed by atoms with van der Waals surface area (Å²) in [6.45, 7) is 2.05. The Kier molecular flexibility index (Phi) is 3.25. The third-order valence-electron chi connectivity index (χ3n) is 3.58. The van der Waals surface area contributed by atoms with Gasteiger partial charge in [0, 0.05) is 10.6 Å². The van der Waals surface area contributed by atoms with Crippen LogP contribution >= 0.6 is 22.9 Å². The SMILES string of the molecule is Cc1ccc(Cl)cc1-c1ccc(-c2nc3ccccc3s2)o1. The molecule has 0 aliphatic rings. The summed E-state index contributed by atoms with van der Waals surface area (Å²) in [5.74, 6) is 1.60. The number of benzene rings is 2. The van der Waals surface area contributed by atoms with E-state index in [-0.39, 0.29) is 0 Å². The van der Waals surface area contributed by atoms with Crippen molar-refractivity contribution in [2.75, 3.05) is 0 Å². The van der Waals surface area contributed by atoms with E-state index in [0.717, 1.165) is 37.9 Å². The second kappa shape index (κ2) is 5.27. The van der Waals surface area contributed by atoms with Crippen LogP contribution in [0.2, 0.25) is 5.02 Å². The van der Waals surface area contributed by atoms with Crippen LogP contribution in [0.5, 0.6) is 0 Å². The first-order valence-electron chi connectivity index (χ1n) is 6.93. The van der Waals surface area contributed by atoms with Crippen molar-refractivity contribution in [3.8, 4) is 22.1 Å². The van der Waals surface area contributed by atoms with Crippen molar-refractivity contribution in [3.63, 3.8) is 0 Å². The van der Waals surface area contributed by atoms with Crippen LogP contribution < -0.4 is 0 Å². The number of hydrogen-bond acceptors (Lipinski definition) is 3. The average Bonchev–Trinajstić information content (AvgIpc) is 3.15. The van der Waals surface area contributed by atoms with E-state index in [1.165, 1.54) is 0 Å². The highest BCUT2D eigenvalue weighted by molar-refractivity contribution is 7.21. The second-order valence-electron chi connectivity index (χ2n) is 5.11. The molecule has 0 bridgehead atoms. The minimum absolute atomic E-state index is 0.707. The monoisotopic (exact) mass is 325 g/mol. The van der Waals surface area contributed by atoms with Crippen LogP contribution in [0.1, 0.15) is 5.56 Å². The molecule has 0 spiro atoms. The molecule has 0 saturated carbocycles. The predicted molar refractivity (Wildman–Crippen MR) is 92.5 cm³/mol. The number of fused-ring (bicyclic) bond motifs is 1. The van der Waals surface area contributed by atoms with Crippen molar-refractivity contribution in [1.82, 2.24) is 4.98 Å². The van der Waals surface area contributed by atoms with Gasteiger partial charge in [0.15, 0.2) is 10.8 Å². The fourth-order valence-corrected chi connectivity index (χ4v) is 3.53. The molecule has 0 saturated heterocycles. The van der Waals surface area contributed by atoms with Crippen molar-refractivity contribution < 1.29 is 4.42 Å². The Morgan fingerprint density at radius 2 is 1.82 bits per heavy atom. The summed E-state index contributed by atoms with van der Waals surface area (Å²) in [4.78, 5) is 4.63. The quantitative estimate of drug-likeness (QED) is 0.439. The Hall–Kier alpha value is -2.10. The van der Waals surface area contributed by atoms with Gasteiger partial charge < -0.3 is 4.42 Å². The second-order valence-corrected chi connectivity index (χ2v) is 6.58. The lowest BCUT2D eigenvalue weighted by Crippen LogP contribution is -1.80. The normalized spacial score (nSPS) is 11.2. The van der Waals surface area contributed by atoms with Gasteiger partial charge in [0.25, 0.3) is 0 Å². The van der Waals surface area contributed by atoms with E-state index in [0.29, 0.717) is 5.02 Å². The van der Waals surface area contributed by atoms with E-state index in [2.05, 4.69) is 11.1 Å². The minimum Gasteiger partial charge on any atom is -0.454 e. The van der Waals surface area contributed by atoms with Crippen molar-refractivity contribution in [3.05, 3.63) is 65.2 Å². The first kappa shape index (κ1) is 13.6. The molecule has 4 aromatic rings. The van der Waals surface area contributed by atoms with Crippen LogP contribution in [0.3, 0.4) is 0 Å². The lowest BCUT2D eigenvalue weighted by Gasteiger charge is -2.02. The fourth-order valence-electron chi connectivity index (χ4n) is 2.43. The van der Waals surface area contributed by atoms with Crippen LogP contribution in [0.25, 0.3) is 32.3 Å². The average molecular weight is 326 g/mol. The molecule has 2 nitrogen and oxygen atoms in total. The van der Waals surface area contributed by atoms with Crippen LogP contribution in [0.15, 0.2) is 59.0 Å². The van der Waals surface area contributed by atoms with Gasteiger partial charge in [-0.3, -0.25) is 0 Å². The van der Waals surface area contributed by atoms with Crippen LogP contribution in [-0.4, -0.2) is 4.98 Å². The summed E-state index contributed by atoms with van der Waals surface area (Å²) in [6.07, 6.45) is 0. The van der Waals surface area contributed by atoms with Crippen LogP contribution in [0, 0.1) is 6.92 Å². The zero-order valence-electron chi connectivity index (χ0n) is 11.8. The highest BCUT2D eigenvalue weighted by Crippen LogP contribution is 2.35. The molecule has 22 heavy (non-hydrogen) atoms. The molecule has 2 aromatic carbocycles. The maximum atomic E-state index is 6.09. The maximum absolute atomic E-state index is 6.09. The number of aryl methyl sites for hydroxylation is 1. The molecule has 2 aromatic heterocycles. The Bertz CT molecular complexity index is 937. The Balaban J connectivity index is 1.79. The molecule has 0 atom stereocenters. The number of nitrogens with zero attached hydrogens (tertiary/aromatic N) is 1. The first-order chi connectivity index (χ1) is 10.7. The van der Waals surface area contributed by atoms with E-state index in [4.69, 9.17) is 16.0 Å². The molecular weight excluding hydrogens is 314 g/mol. The van der Waals surface area contributed by atoms with Gasteiger partial charge in [-0.2, -0.15) is 0 Å². The standard InChI is InChI=1S/C18H12ClNOS/c1-11-6-7-12(19)10-13(11)15-8-9-16(21-15)18-20-14-4-2-3-5-17(14)22-18/h2-10H,1H3. The third kappa shape index (κ3) is 2.32. The molecule has 0 unspecified atom stereocenters. The predicted octanol–water partition coefficient (Wildman–Crippen LogP) is 6.19. The molecular formula is C18H12ClNOS. The topological polar surface area (TPSA) is 26.0 Å². The van der Waals surface area contributed by atoms with Crippen molar-refractivity contribution in [1.29, 1.82) is 0 Å².